The summed E-state index contributed by atoms with van der Waals surface area (Å²) in [5.74, 6) is -1.17. The van der Waals surface area contributed by atoms with Gasteiger partial charge in [-0.25, -0.2) is 4.79 Å². The number of ether oxygens (including phenoxy) is 1. The van der Waals surface area contributed by atoms with Crippen LogP contribution in [0.5, 0.6) is 11.5 Å². The molecule has 2 aromatic rings. The van der Waals surface area contributed by atoms with E-state index >= 15 is 0 Å². The summed E-state index contributed by atoms with van der Waals surface area (Å²) in [6.07, 6.45) is 0. The quantitative estimate of drug-likeness (QED) is 0.659. The number of aromatic hydroxyl groups is 1. The van der Waals surface area contributed by atoms with Crippen molar-refractivity contribution in [3.63, 3.8) is 0 Å². The van der Waals surface area contributed by atoms with E-state index in [1.54, 1.807) is 6.07 Å². The summed E-state index contributed by atoms with van der Waals surface area (Å²) in [6.45, 7) is 10.9. The number of aromatic carboxylic acids is 1. The molecule has 2 rings (SSSR count). The van der Waals surface area contributed by atoms with Gasteiger partial charge in [0.1, 0.15) is 17.1 Å². The number of carbonyl (C=O) groups is 1. The van der Waals surface area contributed by atoms with Crippen LogP contribution in [0.3, 0.4) is 0 Å². The van der Waals surface area contributed by atoms with Crippen LogP contribution in [0.15, 0.2) is 18.2 Å². The van der Waals surface area contributed by atoms with Crippen molar-refractivity contribution in [2.24, 2.45) is 0 Å². The van der Waals surface area contributed by atoms with Gasteiger partial charge in [0.05, 0.1) is 18.7 Å². The Morgan fingerprint density at radius 1 is 1.23 bits per heavy atom. The Balaban J connectivity index is 2.67. The largest absolute Gasteiger partial charge is 0.507 e. The molecule has 142 valence electrons. The van der Waals surface area contributed by atoms with Crippen LogP contribution in [0, 0.1) is 0 Å². The Labute approximate surface area is 159 Å². The van der Waals surface area contributed by atoms with E-state index in [4.69, 9.17) is 20.8 Å². The number of methoxy groups -OCH3 is 1. The highest BCUT2D eigenvalue weighted by Crippen LogP contribution is 2.41. The first kappa shape index (κ1) is 20.5. The van der Waals surface area contributed by atoms with Crippen LogP contribution in [0.1, 0.15) is 36.7 Å². The van der Waals surface area contributed by atoms with Crippen molar-refractivity contribution >= 4 is 36.7 Å². The van der Waals surface area contributed by atoms with Crippen LogP contribution in [0.25, 0.3) is 10.8 Å². The highest BCUT2D eigenvalue weighted by molar-refractivity contribution is 6.74. The van der Waals surface area contributed by atoms with Crippen LogP contribution < -0.4 is 4.74 Å². The summed E-state index contributed by atoms with van der Waals surface area (Å²) in [5, 5.41) is 20.9. The molecule has 0 aromatic heterocycles. The molecule has 7 heteroatoms. The van der Waals surface area contributed by atoms with Gasteiger partial charge in [0.25, 0.3) is 0 Å². The lowest BCUT2D eigenvalue weighted by atomic mass is 9.99. The lowest BCUT2D eigenvalue weighted by Crippen LogP contribution is -2.40. The topological polar surface area (TPSA) is 76.0 Å². The molecular weight excluding hydrogens is 372 g/mol. The van der Waals surface area contributed by atoms with E-state index in [-0.39, 0.29) is 23.0 Å². The standard InChI is InChI=1S/C19H25ClO5Si/c1-19(2,3)26(5,6)25-10-13-11-7-8-14(21)16(18(22)23)12(11)9-15(24-4)17(13)20/h7-9,21H,10H2,1-6H3,(H,22,23). The minimum Gasteiger partial charge on any atom is -0.507 e. The van der Waals surface area contributed by atoms with E-state index < -0.39 is 14.3 Å². The Bertz CT molecular complexity index is 855. The number of hydrogen-bond acceptors (Lipinski definition) is 4. The Kier molecular flexibility index (Phi) is 5.61. The maximum atomic E-state index is 11.6. The Hall–Kier alpha value is -1.76. The van der Waals surface area contributed by atoms with Crippen LogP contribution >= 0.6 is 11.6 Å². The Morgan fingerprint density at radius 2 is 1.85 bits per heavy atom. The fourth-order valence-corrected chi connectivity index (χ4v) is 3.69. The second kappa shape index (κ2) is 7.10. The van der Waals surface area contributed by atoms with Crippen LogP contribution in [0.4, 0.5) is 0 Å². The fourth-order valence-electron chi connectivity index (χ4n) is 2.47. The molecular formula is C19H25ClO5Si. The zero-order chi connectivity index (χ0) is 19.9. The van der Waals surface area contributed by atoms with E-state index in [2.05, 4.69) is 33.9 Å². The number of carboxylic acid groups (broad SMARTS) is 1. The minimum atomic E-state index is -2.04. The summed E-state index contributed by atoms with van der Waals surface area (Å²) < 4.78 is 11.6. The van der Waals surface area contributed by atoms with Crippen LogP contribution in [-0.4, -0.2) is 31.6 Å². The maximum absolute atomic E-state index is 11.6. The minimum absolute atomic E-state index is 0.0264. The molecule has 0 aliphatic rings. The molecule has 2 aromatic carbocycles. The molecule has 0 saturated carbocycles. The highest BCUT2D eigenvalue weighted by Gasteiger charge is 2.37. The van der Waals surface area contributed by atoms with E-state index in [0.717, 1.165) is 0 Å². The van der Waals surface area contributed by atoms with E-state index in [1.807, 2.05) is 0 Å². The van der Waals surface area contributed by atoms with E-state index in [9.17, 15) is 15.0 Å². The number of benzene rings is 2. The summed E-state index contributed by atoms with van der Waals surface area (Å²) in [4.78, 5) is 11.6. The van der Waals surface area contributed by atoms with Gasteiger partial charge in [0.15, 0.2) is 8.32 Å². The molecule has 0 spiro atoms. The van der Waals surface area contributed by atoms with Gasteiger partial charge in [-0.2, -0.15) is 0 Å². The van der Waals surface area contributed by atoms with Crippen LogP contribution in [-0.2, 0) is 11.0 Å². The lowest BCUT2D eigenvalue weighted by molar-refractivity contribution is 0.0696. The molecule has 0 amide bonds. The Morgan fingerprint density at radius 3 is 2.35 bits per heavy atom. The molecule has 0 fully saturated rings. The van der Waals surface area contributed by atoms with Crippen molar-refractivity contribution in [2.75, 3.05) is 7.11 Å². The number of halogens is 1. The third-order valence-electron chi connectivity index (χ3n) is 5.12. The number of phenols is 1. The van der Waals surface area contributed by atoms with E-state index in [0.29, 0.717) is 27.1 Å². The van der Waals surface area contributed by atoms with Gasteiger partial charge in [0.2, 0.25) is 0 Å². The predicted octanol–water partition coefficient (Wildman–Crippen LogP) is 5.43. The molecule has 0 saturated heterocycles. The number of hydrogen-bond donors (Lipinski definition) is 2. The van der Waals surface area contributed by atoms with Crippen molar-refractivity contribution in [3.8, 4) is 11.5 Å². The van der Waals surface area contributed by atoms with Gasteiger partial charge in [-0.3, -0.25) is 0 Å². The van der Waals surface area contributed by atoms with Crippen molar-refractivity contribution < 1.29 is 24.2 Å². The van der Waals surface area contributed by atoms with Gasteiger partial charge < -0.3 is 19.4 Å². The number of carboxylic acids is 1. The normalized spacial score (nSPS) is 12.4. The first-order chi connectivity index (χ1) is 11.9. The van der Waals surface area contributed by atoms with Gasteiger partial charge in [0, 0.05) is 10.9 Å². The number of fused-ring (bicyclic) bond motifs is 1. The monoisotopic (exact) mass is 396 g/mol. The molecule has 0 radical (unpaired) electrons. The molecule has 26 heavy (non-hydrogen) atoms. The van der Waals surface area contributed by atoms with Gasteiger partial charge in [-0.1, -0.05) is 38.4 Å². The predicted molar refractivity (Wildman–Crippen MR) is 106 cm³/mol. The lowest BCUT2D eigenvalue weighted by Gasteiger charge is -2.36. The third-order valence-corrected chi connectivity index (χ3v) is 10.0. The van der Waals surface area contributed by atoms with Crippen molar-refractivity contribution in [3.05, 3.63) is 34.3 Å². The smallest absolute Gasteiger partial charge is 0.340 e. The second-order valence-electron chi connectivity index (χ2n) is 7.78. The van der Waals surface area contributed by atoms with E-state index in [1.165, 1.54) is 19.2 Å². The molecule has 0 aliphatic carbocycles. The average molecular weight is 397 g/mol. The van der Waals surface area contributed by atoms with Gasteiger partial charge >= 0.3 is 5.97 Å². The molecule has 0 aliphatic heterocycles. The average Bonchev–Trinajstić information content (AvgIpc) is 2.51. The first-order valence-electron chi connectivity index (χ1n) is 8.29. The number of rotatable bonds is 5. The molecule has 2 N–H and O–H groups in total. The fraction of sp³-hybridized carbons (Fsp3) is 0.421. The summed E-state index contributed by atoms with van der Waals surface area (Å²) in [6, 6.07) is 4.56. The SMILES string of the molecule is COc1cc2c(C(=O)O)c(O)ccc2c(CO[Si](C)(C)C(C)(C)C)c1Cl. The summed E-state index contributed by atoms with van der Waals surface area (Å²) in [5.41, 5.74) is 0.486. The summed E-state index contributed by atoms with van der Waals surface area (Å²) in [7, 11) is -0.570. The zero-order valence-corrected chi connectivity index (χ0v) is 17.7. The van der Waals surface area contributed by atoms with Crippen molar-refractivity contribution in [2.45, 2.75) is 45.5 Å². The molecule has 0 unspecified atom stereocenters. The molecule has 0 heterocycles. The third kappa shape index (κ3) is 3.68. The first-order valence-corrected chi connectivity index (χ1v) is 11.6. The summed E-state index contributed by atoms with van der Waals surface area (Å²) >= 11 is 6.50. The highest BCUT2D eigenvalue weighted by atomic mass is 35.5. The van der Waals surface area contributed by atoms with Crippen LogP contribution in [0.2, 0.25) is 23.2 Å². The zero-order valence-electron chi connectivity index (χ0n) is 15.9. The van der Waals surface area contributed by atoms with Crippen molar-refractivity contribution in [1.82, 2.24) is 0 Å². The molecule has 0 bridgehead atoms. The molecule has 5 nitrogen and oxygen atoms in total. The van der Waals surface area contributed by atoms with Gasteiger partial charge in [-0.15, -0.1) is 0 Å². The second-order valence-corrected chi connectivity index (χ2v) is 13.0. The molecule has 0 atom stereocenters. The van der Waals surface area contributed by atoms with Gasteiger partial charge in [-0.05, 0) is 35.7 Å². The maximum Gasteiger partial charge on any atom is 0.340 e. The van der Waals surface area contributed by atoms with Crippen molar-refractivity contribution in [1.29, 1.82) is 0 Å².